The molecule has 0 radical (unpaired) electrons. The Morgan fingerprint density at radius 3 is 2.53 bits per heavy atom. The number of nitrogens with one attached hydrogen (secondary N) is 2. The van der Waals surface area contributed by atoms with Crippen LogP contribution in [0.1, 0.15) is 18.4 Å². The lowest BCUT2D eigenvalue weighted by atomic mass is 9.97. The number of halogens is 1. The smallest absolute Gasteiger partial charge is 0.223 e. The lowest BCUT2D eigenvalue weighted by Gasteiger charge is -2.21. The van der Waals surface area contributed by atoms with Crippen LogP contribution in [-0.2, 0) is 11.2 Å². The van der Waals surface area contributed by atoms with Gasteiger partial charge in [0.1, 0.15) is 5.75 Å². The van der Waals surface area contributed by atoms with Gasteiger partial charge in [-0.25, -0.2) is 0 Å². The molecule has 1 saturated heterocycles. The summed E-state index contributed by atoms with van der Waals surface area (Å²) >= 11 is 0. The largest absolute Gasteiger partial charge is 0.508 e. The summed E-state index contributed by atoms with van der Waals surface area (Å²) in [4.78, 5) is 11.9. The molecule has 0 aliphatic carbocycles. The third-order valence-corrected chi connectivity index (χ3v) is 3.36. The minimum Gasteiger partial charge on any atom is -0.508 e. The van der Waals surface area contributed by atoms with Crippen LogP contribution < -0.4 is 10.6 Å². The molecule has 106 valence electrons. The molecule has 4 nitrogen and oxygen atoms in total. The number of carbonyl (C=O) groups excluding carboxylic acids is 1. The molecule has 1 aromatic carbocycles. The van der Waals surface area contributed by atoms with E-state index < -0.39 is 0 Å². The second kappa shape index (κ2) is 8.02. The summed E-state index contributed by atoms with van der Waals surface area (Å²) in [6.45, 7) is 2.54. The molecule has 1 fully saturated rings. The summed E-state index contributed by atoms with van der Waals surface area (Å²) in [6.07, 6.45) is 2.67. The van der Waals surface area contributed by atoms with Crippen LogP contribution in [-0.4, -0.2) is 30.6 Å². The van der Waals surface area contributed by atoms with Gasteiger partial charge in [-0.15, -0.1) is 12.4 Å². The van der Waals surface area contributed by atoms with E-state index in [2.05, 4.69) is 10.6 Å². The Balaban J connectivity index is 0.00000180. The van der Waals surface area contributed by atoms with Gasteiger partial charge in [0.05, 0.1) is 0 Å². The fraction of sp³-hybridized carbons (Fsp3) is 0.500. The molecule has 5 heteroatoms. The van der Waals surface area contributed by atoms with Crippen molar-refractivity contribution in [2.75, 3.05) is 19.6 Å². The molecule has 1 heterocycles. The van der Waals surface area contributed by atoms with Crippen LogP contribution in [0.3, 0.4) is 0 Å². The molecule has 0 aromatic heterocycles. The highest BCUT2D eigenvalue weighted by atomic mass is 35.5. The van der Waals surface area contributed by atoms with E-state index in [0.29, 0.717) is 6.54 Å². The Hall–Kier alpha value is -1.26. The monoisotopic (exact) mass is 284 g/mol. The lowest BCUT2D eigenvalue weighted by molar-refractivity contribution is -0.125. The van der Waals surface area contributed by atoms with Crippen molar-refractivity contribution in [1.29, 1.82) is 0 Å². The topological polar surface area (TPSA) is 61.4 Å². The van der Waals surface area contributed by atoms with Crippen molar-refractivity contribution >= 4 is 18.3 Å². The number of piperidine rings is 1. The summed E-state index contributed by atoms with van der Waals surface area (Å²) in [7, 11) is 0. The maximum Gasteiger partial charge on any atom is 0.223 e. The SMILES string of the molecule is Cl.O=C(NCCc1ccc(O)cc1)C1CCNCC1. The van der Waals surface area contributed by atoms with Gasteiger partial charge in [0.2, 0.25) is 5.91 Å². The van der Waals surface area contributed by atoms with Crippen molar-refractivity contribution in [2.45, 2.75) is 19.3 Å². The summed E-state index contributed by atoms with van der Waals surface area (Å²) in [5, 5.41) is 15.4. The average molecular weight is 285 g/mol. The first kappa shape index (κ1) is 15.8. The number of carbonyl (C=O) groups is 1. The molecule has 3 N–H and O–H groups in total. The number of phenolic OH excluding ortho intramolecular Hbond substituents is 1. The van der Waals surface area contributed by atoms with E-state index in [9.17, 15) is 4.79 Å². The highest BCUT2D eigenvalue weighted by Gasteiger charge is 2.19. The van der Waals surface area contributed by atoms with Gasteiger partial charge in [-0.05, 0) is 50.0 Å². The molecule has 2 rings (SSSR count). The van der Waals surface area contributed by atoms with Gasteiger partial charge in [-0.3, -0.25) is 4.79 Å². The predicted molar refractivity (Wildman–Crippen MR) is 77.7 cm³/mol. The average Bonchev–Trinajstić information content (AvgIpc) is 2.42. The molecule has 1 aliphatic rings. The second-order valence-corrected chi connectivity index (χ2v) is 4.73. The number of hydrogen-bond donors (Lipinski definition) is 3. The number of hydrogen-bond acceptors (Lipinski definition) is 3. The molecule has 0 unspecified atom stereocenters. The number of rotatable bonds is 4. The minimum absolute atomic E-state index is 0. The van der Waals surface area contributed by atoms with Gasteiger partial charge in [0, 0.05) is 12.5 Å². The molecule has 0 saturated carbocycles. The van der Waals surface area contributed by atoms with Gasteiger partial charge < -0.3 is 15.7 Å². The van der Waals surface area contributed by atoms with Gasteiger partial charge >= 0.3 is 0 Å². The molecule has 1 aliphatic heterocycles. The zero-order valence-electron chi connectivity index (χ0n) is 10.9. The molecule has 0 bridgehead atoms. The Kier molecular flexibility index (Phi) is 6.67. The number of benzene rings is 1. The number of amides is 1. The van der Waals surface area contributed by atoms with Gasteiger partial charge in [0.25, 0.3) is 0 Å². The van der Waals surface area contributed by atoms with Crippen LogP contribution in [0.5, 0.6) is 5.75 Å². The summed E-state index contributed by atoms with van der Waals surface area (Å²) in [6, 6.07) is 7.10. The summed E-state index contributed by atoms with van der Waals surface area (Å²) in [5.41, 5.74) is 1.12. The Morgan fingerprint density at radius 2 is 1.89 bits per heavy atom. The van der Waals surface area contributed by atoms with Crippen LogP contribution in [0.2, 0.25) is 0 Å². The first-order valence-electron chi connectivity index (χ1n) is 6.52. The Labute approximate surface area is 120 Å². The fourth-order valence-electron chi connectivity index (χ4n) is 2.22. The molecular weight excluding hydrogens is 264 g/mol. The normalized spacial score (nSPS) is 15.6. The zero-order valence-corrected chi connectivity index (χ0v) is 11.7. The first-order valence-corrected chi connectivity index (χ1v) is 6.52. The van der Waals surface area contributed by atoms with Crippen molar-refractivity contribution in [2.24, 2.45) is 5.92 Å². The number of phenols is 1. The second-order valence-electron chi connectivity index (χ2n) is 4.73. The van der Waals surface area contributed by atoms with Crippen molar-refractivity contribution in [3.63, 3.8) is 0 Å². The Morgan fingerprint density at radius 1 is 1.26 bits per heavy atom. The van der Waals surface area contributed by atoms with Gasteiger partial charge in [0.15, 0.2) is 0 Å². The van der Waals surface area contributed by atoms with E-state index in [1.165, 1.54) is 0 Å². The zero-order chi connectivity index (χ0) is 12.8. The first-order chi connectivity index (χ1) is 8.75. The summed E-state index contributed by atoms with van der Waals surface area (Å²) < 4.78 is 0. The standard InChI is InChI=1S/C14H20N2O2.ClH/c17-13-3-1-11(2-4-13)5-10-16-14(18)12-6-8-15-9-7-12;/h1-4,12,15,17H,5-10H2,(H,16,18);1H. The number of aromatic hydroxyl groups is 1. The van der Waals surface area contributed by atoms with Crippen LogP contribution in [0.4, 0.5) is 0 Å². The third-order valence-electron chi connectivity index (χ3n) is 3.36. The van der Waals surface area contributed by atoms with Crippen molar-refractivity contribution in [3.8, 4) is 5.75 Å². The molecular formula is C14H21ClN2O2. The van der Waals surface area contributed by atoms with Crippen LogP contribution in [0.25, 0.3) is 0 Å². The maximum absolute atomic E-state index is 11.9. The van der Waals surface area contributed by atoms with E-state index in [1.54, 1.807) is 12.1 Å². The molecule has 0 spiro atoms. The van der Waals surface area contributed by atoms with Crippen LogP contribution in [0, 0.1) is 5.92 Å². The predicted octanol–water partition coefficient (Wildman–Crippen LogP) is 1.47. The van der Waals surface area contributed by atoms with Gasteiger partial charge in [-0.1, -0.05) is 12.1 Å². The van der Waals surface area contributed by atoms with E-state index in [4.69, 9.17) is 5.11 Å². The van der Waals surface area contributed by atoms with Gasteiger partial charge in [-0.2, -0.15) is 0 Å². The molecule has 0 atom stereocenters. The highest BCUT2D eigenvalue weighted by molar-refractivity contribution is 5.85. The van der Waals surface area contributed by atoms with E-state index in [1.807, 2.05) is 12.1 Å². The highest BCUT2D eigenvalue weighted by Crippen LogP contribution is 2.12. The fourth-order valence-corrected chi connectivity index (χ4v) is 2.22. The van der Waals surface area contributed by atoms with Crippen molar-refractivity contribution < 1.29 is 9.90 Å². The third kappa shape index (κ3) is 5.09. The molecule has 19 heavy (non-hydrogen) atoms. The minimum atomic E-state index is 0. The summed E-state index contributed by atoms with van der Waals surface area (Å²) in [5.74, 6) is 0.624. The maximum atomic E-state index is 11.9. The Bertz CT molecular complexity index is 389. The quantitative estimate of drug-likeness (QED) is 0.785. The molecule has 1 amide bonds. The van der Waals surface area contributed by atoms with Crippen LogP contribution >= 0.6 is 12.4 Å². The van der Waals surface area contributed by atoms with Crippen molar-refractivity contribution in [3.05, 3.63) is 29.8 Å². The lowest BCUT2D eigenvalue weighted by Crippen LogP contribution is -2.38. The van der Waals surface area contributed by atoms with Crippen molar-refractivity contribution in [1.82, 2.24) is 10.6 Å². The van der Waals surface area contributed by atoms with E-state index >= 15 is 0 Å². The van der Waals surface area contributed by atoms with Crippen LogP contribution in [0.15, 0.2) is 24.3 Å². The molecule has 1 aromatic rings. The van der Waals surface area contributed by atoms with E-state index in [0.717, 1.165) is 37.9 Å². The van der Waals surface area contributed by atoms with E-state index in [-0.39, 0.29) is 30.0 Å².